The van der Waals surface area contributed by atoms with Gasteiger partial charge in [-0.15, -0.1) is 0 Å². The number of rotatable bonds is 4. The van der Waals surface area contributed by atoms with E-state index in [0.717, 1.165) is 16.9 Å². The molecule has 2 aromatic carbocycles. The van der Waals surface area contributed by atoms with E-state index in [0.29, 0.717) is 23.6 Å². The van der Waals surface area contributed by atoms with Crippen molar-refractivity contribution >= 4 is 28.8 Å². The zero-order valence-corrected chi connectivity index (χ0v) is 14.8. The molecule has 1 heterocycles. The maximum absolute atomic E-state index is 12.4. The molecule has 0 spiro atoms. The number of aromatic nitrogens is 2. The van der Waals surface area contributed by atoms with Crippen molar-refractivity contribution in [1.29, 1.82) is 0 Å². The summed E-state index contributed by atoms with van der Waals surface area (Å²) in [4.78, 5) is 28.1. The molecule has 1 amide bonds. The number of nitrogens with zero attached hydrogens (tertiary/aromatic N) is 2. The molecule has 0 aliphatic rings. The van der Waals surface area contributed by atoms with Gasteiger partial charge in [0.15, 0.2) is 0 Å². The van der Waals surface area contributed by atoms with Crippen LogP contribution in [0.25, 0.3) is 11.0 Å². The Labute approximate surface area is 150 Å². The molecule has 3 aromatic rings. The number of hydrogen-bond donors (Lipinski definition) is 1. The van der Waals surface area contributed by atoms with Gasteiger partial charge in [-0.25, -0.2) is 14.6 Å². The largest absolute Gasteiger partial charge is 0.450 e. The second kappa shape index (κ2) is 7.26. The Hall–Kier alpha value is -3.35. The van der Waals surface area contributed by atoms with Gasteiger partial charge in [0.05, 0.1) is 23.2 Å². The minimum absolute atomic E-state index is 0.293. The van der Waals surface area contributed by atoms with Crippen molar-refractivity contribution in [2.24, 2.45) is 7.05 Å². The first kappa shape index (κ1) is 17.5. The number of aryl methyl sites for hydroxylation is 2. The lowest BCUT2D eigenvalue weighted by Crippen LogP contribution is -2.13. The number of hydrogen-bond acceptors (Lipinski definition) is 5. The van der Waals surface area contributed by atoms with Crippen LogP contribution in [0.3, 0.4) is 0 Å². The summed E-state index contributed by atoms with van der Waals surface area (Å²) in [5.41, 5.74) is 2.67. The molecule has 7 nitrogen and oxygen atoms in total. The number of carbonyl (C=O) groups is 2. The predicted octanol–water partition coefficient (Wildman–Crippen LogP) is 3.67. The lowest BCUT2D eigenvalue weighted by atomic mass is 10.2. The number of nitrogens with one attached hydrogen (secondary N) is 1. The number of ether oxygens (including phenoxy) is 2. The number of benzene rings is 2. The predicted molar refractivity (Wildman–Crippen MR) is 97.5 cm³/mol. The summed E-state index contributed by atoms with van der Waals surface area (Å²) >= 11 is 0. The van der Waals surface area contributed by atoms with Crippen molar-refractivity contribution in [1.82, 2.24) is 9.55 Å². The fraction of sp³-hybridized carbons (Fsp3) is 0.211. The number of esters is 1. The van der Waals surface area contributed by atoms with E-state index in [1.165, 1.54) is 0 Å². The Bertz CT molecular complexity index is 961. The molecule has 0 fully saturated rings. The van der Waals surface area contributed by atoms with Crippen LogP contribution in [0.1, 0.15) is 23.1 Å². The summed E-state index contributed by atoms with van der Waals surface area (Å²) in [6.07, 6.45) is -0.531. The molecule has 7 heteroatoms. The van der Waals surface area contributed by atoms with E-state index < -0.39 is 12.1 Å². The maximum atomic E-state index is 12.4. The van der Waals surface area contributed by atoms with E-state index in [9.17, 15) is 9.59 Å². The number of imidazole rings is 1. The monoisotopic (exact) mass is 353 g/mol. The Morgan fingerprint density at radius 2 is 1.88 bits per heavy atom. The number of carbonyl (C=O) groups excluding carboxylic acids is 2. The third kappa shape index (κ3) is 3.66. The molecule has 0 aliphatic carbocycles. The molecule has 1 aromatic heterocycles. The van der Waals surface area contributed by atoms with E-state index in [1.807, 2.05) is 24.6 Å². The van der Waals surface area contributed by atoms with Gasteiger partial charge in [-0.3, -0.25) is 5.32 Å². The second-order valence-corrected chi connectivity index (χ2v) is 5.68. The van der Waals surface area contributed by atoms with Gasteiger partial charge in [-0.1, -0.05) is 0 Å². The molecule has 0 aliphatic heterocycles. The Morgan fingerprint density at radius 3 is 2.58 bits per heavy atom. The highest BCUT2D eigenvalue weighted by atomic mass is 16.5. The minimum atomic E-state index is -0.531. The van der Waals surface area contributed by atoms with Crippen LogP contribution in [0.5, 0.6) is 5.75 Å². The summed E-state index contributed by atoms with van der Waals surface area (Å²) in [5.74, 6) is 0.776. The standard InChI is InChI=1S/C19H19N3O4/c1-4-25-19(24)21-14-6-8-15(9-7-14)26-18(23)13-5-10-17-16(11-13)20-12(2)22(17)3/h5-11H,4H2,1-3H3,(H,21,24). The van der Waals surface area contributed by atoms with Crippen molar-refractivity contribution in [2.45, 2.75) is 13.8 Å². The van der Waals surface area contributed by atoms with E-state index in [-0.39, 0.29) is 0 Å². The van der Waals surface area contributed by atoms with Gasteiger partial charge in [0, 0.05) is 12.7 Å². The molecule has 0 saturated heterocycles. The van der Waals surface area contributed by atoms with Crippen molar-refractivity contribution in [2.75, 3.05) is 11.9 Å². The van der Waals surface area contributed by atoms with Gasteiger partial charge < -0.3 is 14.0 Å². The van der Waals surface area contributed by atoms with Gasteiger partial charge in [-0.2, -0.15) is 0 Å². The first-order valence-corrected chi connectivity index (χ1v) is 8.17. The summed E-state index contributed by atoms with van der Waals surface area (Å²) in [7, 11) is 1.93. The fourth-order valence-corrected chi connectivity index (χ4v) is 2.50. The van der Waals surface area contributed by atoms with Crippen molar-refractivity contribution < 1.29 is 19.1 Å². The topological polar surface area (TPSA) is 82.4 Å². The molecule has 0 saturated carbocycles. The van der Waals surface area contributed by atoms with Crippen LogP contribution in [0.4, 0.5) is 10.5 Å². The van der Waals surface area contributed by atoms with E-state index in [2.05, 4.69) is 10.3 Å². The van der Waals surface area contributed by atoms with Crippen molar-refractivity contribution in [3.05, 3.63) is 53.9 Å². The van der Waals surface area contributed by atoms with Crippen molar-refractivity contribution in [3.8, 4) is 5.75 Å². The summed E-state index contributed by atoms with van der Waals surface area (Å²) in [6, 6.07) is 11.7. The average molecular weight is 353 g/mol. The summed E-state index contributed by atoms with van der Waals surface area (Å²) in [5, 5.41) is 2.57. The van der Waals surface area contributed by atoms with Crippen LogP contribution in [-0.2, 0) is 11.8 Å². The molecular weight excluding hydrogens is 334 g/mol. The third-order valence-electron chi connectivity index (χ3n) is 3.93. The second-order valence-electron chi connectivity index (χ2n) is 5.68. The Kier molecular flexibility index (Phi) is 4.88. The molecular formula is C19H19N3O4. The molecule has 0 radical (unpaired) electrons. The first-order chi connectivity index (χ1) is 12.5. The van der Waals surface area contributed by atoms with Crippen LogP contribution >= 0.6 is 0 Å². The van der Waals surface area contributed by atoms with Gasteiger partial charge in [0.2, 0.25) is 0 Å². The third-order valence-corrected chi connectivity index (χ3v) is 3.93. The first-order valence-electron chi connectivity index (χ1n) is 8.17. The SMILES string of the molecule is CCOC(=O)Nc1ccc(OC(=O)c2ccc3c(c2)nc(C)n3C)cc1. The molecule has 0 unspecified atom stereocenters. The van der Waals surface area contributed by atoms with Crippen LogP contribution in [-0.4, -0.2) is 28.2 Å². The van der Waals surface area contributed by atoms with Gasteiger partial charge >= 0.3 is 12.1 Å². The zero-order valence-electron chi connectivity index (χ0n) is 14.8. The van der Waals surface area contributed by atoms with Gasteiger partial charge in [0.1, 0.15) is 11.6 Å². The van der Waals surface area contributed by atoms with Crippen LogP contribution in [0.15, 0.2) is 42.5 Å². The Morgan fingerprint density at radius 1 is 1.15 bits per heavy atom. The van der Waals surface area contributed by atoms with Gasteiger partial charge in [-0.05, 0) is 56.3 Å². The number of anilines is 1. The lowest BCUT2D eigenvalue weighted by Gasteiger charge is -2.07. The molecule has 26 heavy (non-hydrogen) atoms. The molecule has 134 valence electrons. The van der Waals surface area contributed by atoms with E-state index >= 15 is 0 Å². The van der Waals surface area contributed by atoms with Crippen LogP contribution < -0.4 is 10.1 Å². The normalized spacial score (nSPS) is 10.6. The highest BCUT2D eigenvalue weighted by Crippen LogP contribution is 2.20. The summed E-state index contributed by atoms with van der Waals surface area (Å²) in [6.45, 7) is 3.93. The molecule has 3 rings (SSSR count). The highest BCUT2D eigenvalue weighted by Gasteiger charge is 2.12. The van der Waals surface area contributed by atoms with Gasteiger partial charge in [0.25, 0.3) is 0 Å². The maximum Gasteiger partial charge on any atom is 0.411 e. The van der Waals surface area contributed by atoms with Crippen molar-refractivity contribution in [3.63, 3.8) is 0 Å². The quantitative estimate of drug-likeness (QED) is 0.572. The highest BCUT2D eigenvalue weighted by molar-refractivity contribution is 5.95. The van der Waals surface area contributed by atoms with Crippen LogP contribution in [0.2, 0.25) is 0 Å². The number of fused-ring (bicyclic) bond motifs is 1. The molecule has 0 bridgehead atoms. The number of amides is 1. The van der Waals surface area contributed by atoms with Crippen LogP contribution in [0, 0.1) is 6.92 Å². The minimum Gasteiger partial charge on any atom is -0.450 e. The smallest absolute Gasteiger partial charge is 0.411 e. The van der Waals surface area contributed by atoms with E-state index in [1.54, 1.807) is 43.3 Å². The lowest BCUT2D eigenvalue weighted by molar-refractivity contribution is 0.0735. The fourth-order valence-electron chi connectivity index (χ4n) is 2.50. The molecule has 1 N–H and O–H groups in total. The van der Waals surface area contributed by atoms with E-state index in [4.69, 9.17) is 9.47 Å². The average Bonchev–Trinajstić information content (AvgIpc) is 2.90. The summed E-state index contributed by atoms with van der Waals surface area (Å²) < 4.78 is 12.1. The molecule has 0 atom stereocenters. The zero-order chi connectivity index (χ0) is 18.7. The Balaban J connectivity index is 1.70.